The molecular formula is C17H28N4O6PSi+. The molecule has 160 valence electrons. The third kappa shape index (κ3) is 4.21. The van der Waals surface area contributed by atoms with Crippen molar-refractivity contribution in [3.63, 3.8) is 0 Å². The molecule has 5 atom stereocenters. The molecule has 3 rings (SSSR count). The van der Waals surface area contributed by atoms with Crippen LogP contribution in [-0.4, -0.2) is 51.1 Å². The maximum absolute atomic E-state index is 12.0. The second-order valence-corrected chi connectivity index (χ2v) is 14.1. The zero-order chi connectivity index (χ0) is 21.6. The number of fused-ring (bicyclic) bond motifs is 1. The Morgan fingerprint density at radius 3 is 2.66 bits per heavy atom. The Hall–Kier alpha value is -1.49. The smallest absolute Gasteiger partial charge is 0.408 e. The van der Waals surface area contributed by atoms with Crippen LogP contribution in [-0.2, 0) is 18.3 Å². The van der Waals surface area contributed by atoms with Gasteiger partial charge in [0.1, 0.15) is 12.2 Å². The monoisotopic (exact) mass is 443 g/mol. The van der Waals surface area contributed by atoms with Gasteiger partial charge < -0.3 is 9.16 Å². The van der Waals surface area contributed by atoms with Gasteiger partial charge in [-0.1, -0.05) is 27.7 Å². The number of nitrogens with one attached hydrogen (secondary N) is 1. The van der Waals surface area contributed by atoms with Gasteiger partial charge in [-0.05, 0) is 24.6 Å². The Balaban J connectivity index is 2.08. The van der Waals surface area contributed by atoms with Crippen molar-refractivity contribution < 1.29 is 23.1 Å². The van der Waals surface area contributed by atoms with E-state index < -0.39 is 46.7 Å². The minimum Gasteiger partial charge on any atom is -0.408 e. The van der Waals surface area contributed by atoms with E-state index in [1.165, 1.54) is 12.5 Å². The molecule has 0 spiro atoms. The van der Waals surface area contributed by atoms with Gasteiger partial charge in [-0.3, -0.25) is 4.98 Å². The van der Waals surface area contributed by atoms with Crippen LogP contribution in [0.3, 0.4) is 0 Å². The number of aromatic nitrogens is 4. The third-order valence-corrected chi connectivity index (χ3v) is 10.7. The first-order valence-electron chi connectivity index (χ1n) is 9.53. The maximum atomic E-state index is 12.0. The van der Waals surface area contributed by atoms with Crippen molar-refractivity contribution in [3.05, 3.63) is 28.6 Å². The summed E-state index contributed by atoms with van der Waals surface area (Å²) >= 11 is 0. The number of ether oxygens (including phenoxy) is 1. The van der Waals surface area contributed by atoms with Gasteiger partial charge in [0.05, 0.1) is 18.6 Å². The van der Waals surface area contributed by atoms with Crippen LogP contribution in [0.25, 0.3) is 5.65 Å². The van der Waals surface area contributed by atoms with E-state index in [2.05, 4.69) is 48.9 Å². The van der Waals surface area contributed by atoms with Gasteiger partial charge in [0.2, 0.25) is 0 Å². The Bertz CT molecular complexity index is 955. The van der Waals surface area contributed by atoms with Crippen LogP contribution in [0.15, 0.2) is 17.3 Å². The highest BCUT2D eigenvalue weighted by molar-refractivity contribution is 7.32. The molecule has 0 bridgehead atoms. The summed E-state index contributed by atoms with van der Waals surface area (Å²) < 4.78 is 30.9. The van der Waals surface area contributed by atoms with Gasteiger partial charge in [0.15, 0.2) is 20.1 Å². The molecule has 1 aliphatic heterocycles. The highest BCUT2D eigenvalue weighted by atomic mass is 31.1. The lowest BCUT2D eigenvalue weighted by Gasteiger charge is -2.39. The second kappa shape index (κ2) is 7.97. The average molecular weight is 443 g/mol. The summed E-state index contributed by atoms with van der Waals surface area (Å²) in [6.07, 6.45) is 0.939. The lowest BCUT2D eigenvalue weighted by molar-refractivity contribution is 0.00907. The Morgan fingerprint density at radius 2 is 2.07 bits per heavy atom. The molecule has 1 saturated heterocycles. The molecule has 0 aliphatic carbocycles. The molecular weight excluding hydrogens is 415 g/mol. The highest BCUT2D eigenvalue weighted by Gasteiger charge is 2.54. The number of hydrogen-bond donors (Lipinski definition) is 2. The molecule has 2 N–H and O–H groups in total. The molecule has 0 aromatic carbocycles. The fraction of sp³-hybridized carbons (Fsp3) is 0.706. The molecule has 1 unspecified atom stereocenters. The molecule has 0 radical (unpaired) electrons. The van der Waals surface area contributed by atoms with Gasteiger partial charge in [0, 0.05) is 10.1 Å². The molecule has 2 aromatic heterocycles. The van der Waals surface area contributed by atoms with Crippen LogP contribution in [0.4, 0.5) is 0 Å². The lowest BCUT2D eigenvalue weighted by Crippen LogP contribution is -2.48. The fourth-order valence-corrected chi connectivity index (χ4v) is 4.98. The lowest BCUT2D eigenvalue weighted by atomic mass is 10.0. The van der Waals surface area contributed by atoms with Crippen molar-refractivity contribution in [1.29, 1.82) is 0 Å². The largest absolute Gasteiger partial charge is 0.695 e. The van der Waals surface area contributed by atoms with Gasteiger partial charge in [-0.25, -0.2) is 9.78 Å². The van der Waals surface area contributed by atoms with Crippen molar-refractivity contribution >= 4 is 22.2 Å². The van der Waals surface area contributed by atoms with Crippen LogP contribution in [0.1, 0.15) is 45.8 Å². The summed E-state index contributed by atoms with van der Waals surface area (Å²) in [4.78, 5) is 28.2. The summed E-state index contributed by atoms with van der Waals surface area (Å²) in [7, 11) is -5.13. The number of aromatic amines is 1. The van der Waals surface area contributed by atoms with Crippen molar-refractivity contribution in [2.75, 3.05) is 0 Å². The van der Waals surface area contributed by atoms with E-state index in [1.54, 1.807) is 0 Å². The van der Waals surface area contributed by atoms with Crippen LogP contribution in [0, 0.1) is 0 Å². The SMILES string of the molecule is CC[C@H]1O[C@@H](c2cnn3c(=O)[nH]cnc23)[C@H](O[Si](C)(C)C(C)(C)C)[C@@H]1O[P+](=O)O. The van der Waals surface area contributed by atoms with Crippen molar-refractivity contribution in [3.8, 4) is 0 Å². The zero-order valence-corrected chi connectivity index (χ0v) is 19.3. The Labute approximate surface area is 170 Å². The molecule has 2 aromatic rings. The standard InChI is InChI=1S/C17H27N4O6PSi/c1-7-11-13(26-28(23)24)14(27-29(5,6)17(2,3)4)12(25-11)10-8-20-21-15(10)18-9-19-16(21)22/h8-9,11-14H,7H2,1-6H3,(H-,18,19,20,22,23,24)/p+1/t11-,12+,13-,14+/m1/s1. The molecule has 0 amide bonds. The number of rotatable bonds is 6. The first-order valence-corrected chi connectivity index (χ1v) is 13.6. The first kappa shape index (κ1) is 22.2. The molecule has 10 nitrogen and oxygen atoms in total. The summed E-state index contributed by atoms with van der Waals surface area (Å²) in [6.45, 7) is 12.4. The number of hydrogen-bond acceptors (Lipinski definition) is 7. The van der Waals surface area contributed by atoms with Crippen LogP contribution in [0.5, 0.6) is 0 Å². The summed E-state index contributed by atoms with van der Waals surface area (Å²) in [5, 5.41) is 4.02. The van der Waals surface area contributed by atoms with Gasteiger partial charge in [-0.2, -0.15) is 9.61 Å². The minimum atomic E-state index is -2.84. The predicted molar refractivity (Wildman–Crippen MR) is 108 cm³/mol. The summed E-state index contributed by atoms with van der Waals surface area (Å²) in [5.74, 6) is 0. The Morgan fingerprint density at radius 1 is 1.38 bits per heavy atom. The van der Waals surface area contributed by atoms with Crippen molar-refractivity contribution in [2.45, 2.75) is 76.7 Å². The van der Waals surface area contributed by atoms with Gasteiger partial charge in [0.25, 0.3) is 0 Å². The number of H-pyrrole nitrogens is 1. The Kier molecular flexibility index (Phi) is 6.10. The normalized spacial score (nSPS) is 26.2. The molecule has 3 heterocycles. The maximum Gasteiger partial charge on any atom is 0.695 e. The second-order valence-electron chi connectivity index (χ2n) is 8.70. The van der Waals surface area contributed by atoms with Crippen molar-refractivity contribution in [1.82, 2.24) is 19.6 Å². The van der Waals surface area contributed by atoms with Crippen LogP contribution in [0.2, 0.25) is 18.1 Å². The van der Waals surface area contributed by atoms with Crippen LogP contribution >= 0.6 is 8.25 Å². The third-order valence-electron chi connectivity index (χ3n) is 5.81. The first-order chi connectivity index (χ1) is 13.5. The summed E-state index contributed by atoms with van der Waals surface area (Å²) in [5.41, 5.74) is 0.517. The molecule has 1 fully saturated rings. The van der Waals surface area contributed by atoms with E-state index >= 15 is 0 Å². The van der Waals surface area contributed by atoms with E-state index in [0.717, 1.165) is 4.52 Å². The van der Waals surface area contributed by atoms with E-state index in [0.29, 0.717) is 17.6 Å². The van der Waals surface area contributed by atoms with E-state index in [9.17, 15) is 14.3 Å². The fourth-order valence-electron chi connectivity index (χ4n) is 3.23. The average Bonchev–Trinajstić information content (AvgIpc) is 3.16. The van der Waals surface area contributed by atoms with Crippen molar-refractivity contribution in [2.24, 2.45) is 0 Å². The predicted octanol–water partition coefficient (Wildman–Crippen LogP) is 2.69. The zero-order valence-electron chi connectivity index (χ0n) is 17.4. The molecule has 0 saturated carbocycles. The topological polar surface area (TPSA) is 128 Å². The van der Waals surface area contributed by atoms with Crippen LogP contribution < -0.4 is 5.69 Å². The molecule has 1 aliphatic rings. The highest BCUT2D eigenvalue weighted by Crippen LogP contribution is 2.46. The molecule has 12 heteroatoms. The van der Waals surface area contributed by atoms with Gasteiger partial charge in [-0.15, -0.1) is 9.42 Å². The quantitative estimate of drug-likeness (QED) is 0.515. The summed E-state index contributed by atoms with van der Waals surface area (Å²) in [6, 6.07) is 0. The van der Waals surface area contributed by atoms with E-state index in [1.807, 2.05) is 6.92 Å². The van der Waals surface area contributed by atoms with Gasteiger partial charge >= 0.3 is 13.9 Å². The minimum absolute atomic E-state index is 0.0930. The van der Waals surface area contributed by atoms with E-state index in [4.69, 9.17) is 13.7 Å². The number of nitrogens with zero attached hydrogens (tertiary/aromatic N) is 3. The van der Waals surface area contributed by atoms with E-state index in [-0.39, 0.29) is 5.04 Å². The molecule has 29 heavy (non-hydrogen) atoms.